The van der Waals surface area contributed by atoms with E-state index in [9.17, 15) is 0 Å². The number of hydrogen-bond acceptors (Lipinski definition) is 3. The normalized spacial score (nSPS) is 16.9. The zero-order valence-corrected chi connectivity index (χ0v) is 47.5. The average molecular weight is 1030 g/mol. The van der Waals surface area contributed by atoms with E-state index in [1.54, 1.807) is 0 Å². The maximum Gasteiger partial charge on any atom is 0.0545 e. The van der Waals surface area contributed by atoms with E-state index in [2.05, 4.69) is 296 Å². The molecule has 0 saturated carbocycles. The number of anilines is 9. The highest BCUT2D eigenvalue weighted by molar-refractivity contribution is 6.05. The first-order chi connectivity index (χ1) is 38.5. The average Bonchev–Trinajstić information content (AvgIpc) is 1.55. The third-order valence-corrected chi connectivity index (χ3v) is 20.1. The van der Waals surface area contributed by atoms with Gasteiger partial charge in [-0.05, 0) is 149 Å². The van der Waals surface area contributed by atoms with Crippen molar-refractivity contribution in [1.29, 1.82) is 0 Å². The molecular weight excluding hydrogens is 967 g/mol. The van der Waals surface area contributed by atoms with E-state index in [1.807, 2.05) is 0 Å². The Labute approximate surface area is 471 Å². The van der Waals surface area contributed by atoms with Gasteiger partial charge in [0.2, 0.25) is 0 Å². The Morgan fingerprint density at radius 2 is 0.588 bits per heavy atom. The van der Waals surface area contributed by atoms with Crippen molar-refractivity contribution in [3.05, 3.63) is 268 Å². The molecule has 2 aliphatic carbocycles. The summed E-state index contributed by atoms with van der Waals surface area (Å²) in [5.41, 5.74) is 28.5. The van der Waals surface area contributed by atoms with Gasteiger partial charge in [-0.25, -0.2) is 0 Å². The third kappa shape index (κ3) is 6.05. The summed E-state index contributed by atoms with van der Waals surface area (Å²) in [6.45, 7) is 24.5. The SMILES string of the molecule is CC1(C)c2ccccc2-c2cc(N(c3cc4c5c(c3)C(C)(C)c3cc(N(c6ccc7c(c6)C(C)(C)c6ccccc6-7)c6cccc7ccccc67)cc6c3N5c3c(cccc3C6(C)C)C4(C)C)c3cccc4ccccc34)ccc21. The van der Waals surface area contributed by atoms with E-state index in [0.29, 0.717) is 0 Å². The molecule has 0 bridgehead atoms. The molecule has 0 atom stereocenters. The Morgan fingerprint density at radius 1 is 0.250 bits per heavy atom. The van der Waals surface area contributed by atoms with Crippen molar-refractivity contribution < 1.29 is 0 Å². The molecule has 11 aromatic carbocycles. The van der Waals surface area contributed by atoms with Crippen LogP contribution in [0.1, 0.15) is 125 Å². The summed E-state index contributed by atoms with van der Waals surface area (Å²) in [6, 6.07) is 81.5. The molecule has 0 amide bonds. The van der Waals surface area contributed by atoms with Crippen LogP contribution >= 0.6 is 0 Å². The first-order valence-electron chi connectivity index (χ1n) is 28.8. The Balaban J connectivity index is 0.974. The molecule has 80 heavy (non-hydrogen) atoms. The highest BCUT2D eigenvalue weighted by atomic mass is 15.2. The van der Waals surface area contributed by atoms with Crippen molar-refractivity contribution in [2.45, 2.75) is 96.3 Å². The molecule has 16 rings (SSSR count). The van der Waals surface area contributed by atoms with E-state index < -0.39 is 5.41 Å². The summed E-state index contributed by atoms with van der Waals surface area (Å²) < 4.78 is 0. The minimum Gasteiger partial charge on any atom is -0.310 e. The van der Waals surface area contributed by atoms with Crippen LogP contribution in [0, 0.1) is 0 Å². The van der Waals surface area contributed by atoms with Crippen molar-refractivity contribution in [3.63, 3.8) is 0 Å². The molecule has 0 saturated heterocycles. The maximum absolute atomic E-state index is 2.73. The summed E-state index contributed by atoms with van der Waals surface area (Å²) in [5.74, 6) is 0. The molecule has 3 aliphatic heterocycles. The van der Waals surface area contributed by atoms with Crippen LogP contribution in [-0.2, 0) is 27.1 Å². The fourth-order valence-electron chi connectivity index (χ4n) is 15.8. The Bertz CT molecular complexity index is 4530. The molecule has 3 heteroatoms. The lowest BCUT2D eigenvalue weighted by Crippen LogP contribution is -2.44. The van der Waals surface area contributed by atoms with Crippen LogP contribution < -0.4 is 14.7 Å². The second-order valence-corrected chi connectivity index (χ2v) is 26.2. The molecule has 388 valence electrons. The minimum absolute atomic E-state index is 0.106. The highest BCUT2D eigenvalue weighted by Crippen LogP contribution is 2.68. The largest absolute Gasteiger partial charge is 0.310 e. The highest BCUT2D eigenvalue weighted by Gasteiger charge is 2.53. The van der Waals surface area contributed by atoms with E-state index in [1.165, 1.54) is 134 Å². The molecule has 5 aliphatic rings. The Kier molecular flexibility index (Phi) is 9.35. The smallest absolute Gasteiger partial charge is 0.0545 e. The van der Waals surface area contributed by atoms with Gasteiger partial charge >= 0.3 is 0 Å². The van der Waals surface area contributed by atoms with Crippen LogP contribution in [0.5, 0.6) is 0 Å². The second-order valence-electron chi connectivity index (χ2n) is 26.2. The van der Waals surface area contributed by atoms with E-state index in [-0.39, 0.29) is 21.7 Å². The van der Waals surface area contributed by atoms with Crippen molar-refractivity contribution >= 4 is 72.7 Å². The van der Waals surface area contributed by atoms with E-state index >= 15 is 0 Å². The van der Waals surface area contributed by atoms with E-state index in [4.69, 9.17) is 0 Å². The number of benzene rings is 11. The zero-order valence-electron chi connectivity index (χ0n) is 47.5. The van der Waals surface area contributed by atoms with Gasteiger partial charge in [-0.3, -0.25) is 0 Å². The van der Waals surface area contributed by atoms with Gasteiger partial charge in [-0.1, -0.05) is 221 Å². The molecular formula is C77H65N3. The lowest BCUT2D eigenvalue weighted by molar-refractivity contribution is 0.567. The first-order valence-corrected chi connectivity index (χ1v) is 28.8. The van der Waals surface area contributed by atoms with Crippen LogP contribution in [0.3, 0.4) is 0 Å². The molecule has 0 aromatic heterocycles. The van der Waals surface area contributed by atoms with Gasteiger partial charge in [0.05, 0.1) is 28.4 Å². The van der Waals surface area contributed by atoms with Crippen LogP contribution in [0.4, 0.5) is 51.2 Å². The van der Waals surface area contributed by atoms with E-state index in [0.717, 1.165) is 17.1 Å². The number of hydrogen-bond donors (Lipinski definition) is 0. The van der Waals surface area contributed by atoms with Gasteiger partial charge in [0.15, 0.2) is 0 Å². The second kappa shape index (κ2) is 15.8. The van der Waals surface area contributed by atoms with Crippen molar-refractivity contribution in [2.24, 2.45) is 0 Å². The molecule has 0 spiro atoms. The molecule has 3 heterocycles. The predicted octanol–water partition coefficient (Wildman–Crippen LogP) is 20.9. The number of fused-ring (bicyclic) bond motifs is 8. The Hall–Kier alpha value is -8.66. The van der Waals surface area contributed by atoms with Crippen LogP contribution in [0.15, 0.2) is 212 Å². The van der Waals surface area contributed by atoms with Crippen LogP contribution in [0.2, 0.25) is 0 Å². The number of rotatable bonds is 6. The molecule has 11 aromatic rings. The molecule has 0 N–H and O–H groups in total. The molecule has 0 fully saturated rings. The number of para-hydroxylation sites is 1. The first kappa shape index (κ1) is 47.3. The van der Waals surface area contributed by atoms with Crippen molar-refractivity contribution in [3.8, 4) is 22.3 Å². The summed E-state index contributed by atoms with van der Waals surface area (Å²) >= 11 is 0. The minimum atomic E-state index is -0.454. The summed E-state index contributed by atoms with van der Waals surface area (Å²) in [6.07, 6.45) is 0. The van der Waals surface area contributed by atoms with Crippen LogP contribution in [-0.4, -0.2) is 0 Å². The Morgan fingerprint density at radius 3 is 1.12 bits per heavy atom. The predicted molar refractivity (Wildman–Crippen MR) is 337 cm³/mol. The molecule has 0 radical (unpaired) electrons. The standard InChI is InChI=1S/C77H65N3/c1-73(2)59-31-18-16-29-55(59)57-40-48(37-39-60(57)73)78(68-34-19-24-46-22-11-13-26-52(46)68)50-42-64-71-66(44-50)77(9,10)67-45-51(43-65-72(67)80(71)70-61(75(64,5)6)32-21-33-62(70)76(65,7)8)79(69-35-20-25-47-23-12-14-27-53(47)69)49-36-38-56-54-28-15-17-30-58(54)74(3,4)63(56)41-49/h11-45H,1-10H3. The van der Waals surface area contributed by atoms with Gasteiger partial charge in [-0.15, -0.1) is 0 Å². The summed E-state index contributed by atoms with van der Waals surface area (Å²) in [7, 11) is 0. The summed E-state index contributed by atoms with van der Waals surface area (Å²) in [5, 5.41) is 4.90. The molecule has 0 unspecified atom stereocenters. The van der Waals surface area contributed by atoms with Gasteiger partial charge in [-0.2, -0.15) is 0 Å². The maximum atomic E-state index is 2.73. The summed E-state index contributed by atoms with van der Waals surface area (Å²) in [4.78, 5) is 7.89. The lowest BCUT2D eigenvalue weighted by Gasteiger charge is -2.55. The van der Waals surface area contributed by atoms with Gasteiger partial charge in [0.1, 0.15) is 0 Å². The van der Waals surface area contributed by atoms with Gasteiger partial charge in [0, 0.05) is 60.6 Å². The van der Waals surface area contributed by atoms with Crippen LogP contribution in [0.25, 0.3) is 43.8 Å². The van der Waals surface area contributed by atoms with Crippen molar-refractivity contribution in [1.82, 2.24) is 0 Å². The lowest BCUT2D eigenvalue weighted by atomic mass is 9.60. The number of nitrogens with zero attached hydrogens (tertiary/aromatic N) is 3. The molecule has 3 nitrogen and oxygen atoms in total. The monoisotopic (exact) mass is 1030 g/mol. The fraction of sp³-hybridized carbons (Fsp3) is 0.195. The topological polar surface area (TPSA) is 9.72 Å². The van der Waals surface area contributed by atoms with Crippen molar-refractivity contribution in [2.75, 3.05) is 14.7 Å². The third-order valence-electron chi connectivity index (χ3n) is 20.1. The van der Waals surface area contributed by atoms with Gasteiger partial charge in [0.25, 0.3) is 0 Å². The van der Waals surface area contributed by atoms with Gasteiger partial charge < -0.3 is 14.7 Å². The quantitative estimate of drug-likeness (QED) is 0.164. The fourth-order valence-corrected chi connectivity index (χ4v) is 15.8. The zero-order chi connectivity index (χ0) is 54.6.